The number of carbonyl (C=O) groups is 2. The highest BCUT2D eigenvalue weighted by Crippen LogP contribution is 2.62. The Kier molecular flexibility index (Phi) is 2.01. The van der Waals surface area contributed by atoms with Gasteiger partial charge in [0.1, 0.15) is 0 Å². The summed E-state index contributed by atoms with van der Waals surface area (Å²) in [6.07, 6.45) is 1.80. The Morgan fingerprint density at radius 1 is 1.43 bits per heavy atom. The monoisotopic (exact) mass is 198 g/mol. The zero-order valence-electron chi connectivity index (χ0n) is 8.16. The minimum atomic E-state index is -0.749. The average Bonchev–Trinajstić information content (AvgIpc) is 2.57. The lowest BCUT2D eigenvalue weighted by Crippen LogP contribution is -2.36. The molecule has 0 saturated heterocycles. The minimum Gasteiger partial charge on any atom is -0.481 e. The van der Waals surface area contributed by atoms with E-state index in [1.807, 2.05) is 0 Å². The maximum absolute atomic E-state index is 11.4. The Balaban J connectivity index is 2.02. The second-order valence-electron chi connectivity index (χ2n) is 4.32. The summed E-state index contributed by atoms with van der Waals surface area (Å²) >= 11 is 0. The predicted octanol–water partition coefficient (Wildman–Crippen LogP) is 1.05. The van der Waals surface area contributed by atoms with E-state index < -0.39 is 11.4 Å². The first-order valence-corrected chi connectivity index (χ1v) is 4.99. The van der Waals surface area contributed by atoms with E-state index in [0.717, 1.165) is 0 Å². The van der Waals surface area contributed by atoms with Crippen LogP contribution in [0.3, 0.4) is 0 Å². The molecular formula is C10H14O4. The van der Waals surface area contributed by atoms with Crippen LogP contribution < -0.4 is 0 Å². The van der Waals surface area contributed by atoms with Crippen molar-refractivity contribution in [2.45, 2.75) is 26.2 Å². The number of carboxylic acid groups (broad SMARTS) is 1. The quantitative estimate of drug-likeness (QED) is 0.688. The molecule has 3 fully saturated rings. The van der Waals surface area contributed by atoms with Gasteiger partial charge >= 0.3 is 11.9 Å². The van der Waals surface area contributed by atoms with E-state index in [2.05, 4.69) is 0 Å². The first-order valence-electron chi connectivity index (χ1n) is 4.99. The zero-order chi connectivity index (χ0) is 10.3. The van der Waals surface area contributed by atoms with Crippen LogP contribution in [0.15, 0.2) is 0 Å². The molecule has 0 aromatic carbocycles. The molecule has 3 aliphatic rings. The number of rotatable bonds is 3. The van der Waals surface area contributed by atoms with Crippen LogP contribution >= 0.6 is 0 Å². The summed E-state index contributed by atoms with van der Waals surface area (Å²) in [4.78, 5) is 22.4. The molecule has 0 aromatic heterocycles. The van der Waals surface area contributed by atoms with E-state index in [-0.39, 0.29) is 17.8 Å². The van der Waals surface area contributed by atoms with Crippen molar-refractivity contribution in [1.29, 1.82) is 0 Å². The van der Waals surface area contributed by atoms with Crippen molar-refractivity contribution >= 4 is 11.9 Å². The number of carboxylic acids is 1. The van der Waals surface area contributed by atoms with Crippen molar-refractivity contribution in [3.63, 3.8) is 0 Å². The molecule has 2 bridgehead atoms. The number of hydrogen-bond acceptors (Lipinski definition) is 3. The first kappa shape index (κ1) is 9.49. The lowest BCUT2D eigenvalue weighted by atomic mass is 9.69. The van der Waals surface area contributed by atoms with Crippen LogP contribution in [0.1, 0.15) is 26.2 Å². The Morgan fingerprint density at radius 2 is 2.07 bits per heavy atom. The maximum atomic E-state index is 11.4. The van der Waals surface area contributed by atoms with Gasteiger partial charge in [-0.1, -0.05) is 0 Å². The standard InChI is InChI=1S/C10H14O4/c1-2-14-8(11)7-5-10(9(12)13)3-6(7)4-10/h6-7H,2-5H2,1H3,(H,12,13)/t6-,7?,10+. The number of aliphatic carboxylic acids is 1. The summed E-state index contributed by atoms with van der Waals surface area (Å²) < 4.78 is 4.92. The molecule has 0 radical (unpaired) electrons. The molecule has 0 aromatic rings. The van der Waals surface area contributed by atoms with Crippen molar-refractivity contribution in [2.24, 2.45) is 17.3 Å². The summed E-state index contributed by atoms with van der Waals surface area (Å²) in [6, 6.07) is 0. The van der Waals surface area contributed by atoms with Gasteiger partial charge in [-0.25, -0.2) is 0 Å². The van der Waals surface area contributed by atoms with Crippen LogP contribution in [0.5, 0.6) is 0 Å². The van der Waals surface area contributed by atoms with E-state index in [1.165, 1.54) is 0 Å². The summed E-state index contributed by atoms with van der Waals surface area (Å²) in [7, 11) is 0. The van der Waals surface area contributed by atoms with Crippen LogP contribution in [0.25, 0.3) is 0 Å². The van der Waals surface area contributed by atoms with Crippen molar-refractivity contribution in [3.8, 4) is 0 Å². The molecule has 1 N–H and O–H groups in total. The molecule has 1 atom stereocenters. The van der Waals surface area contributed by atoms with Crippen molar-refractivity contribution in [3.05, 3.63) is 0 Å². The average molecular weight is 198 g/mol. The Morgan fingerprint density at radius 3 is 2.50 bits per heavy atom. The zero-order valence-corrected chi connectivity index (χ0v) is 8.16. The van der Waals surface area contributed by atoms with Gasteiger partial charge in [0.15, 0.2) is 0 Å². The lowest BCUT2D eigenvalue weighted by molar-refractivity contribution is -0.153. The van der Waals surface area contributed by atoms with Gasteiger partial charge in [-0.15, -0.1) is 0 Å². The molecule has 0 spiro atoms. The molecule has 0 amide bonds. The van der Waals surface area contributed by atoms with Crippen LogP contribution in [-0.4, -0.2) is 23.7 Å². The molecule has 14 heavy (non-hydrogen) atoms. The van der Waals surface area contributed by atoms with Gasteiger partial charge in [-0.05, 0) is 32.1 Å². The highest BCUT2D eigenvalue weighted by atomic mass is 16.5. The van der Waals surface area contributed by atoms with E-state index in [0.29, 0.717) is 25.9 Å². The van der Waals surface area contributed by atoms with Crippen LogP contribution in [0.4, 0.5) is 0 Å². The largest absolute Gasteiger partial charge is 0.481 e. The molecule has 0 heterocycles. The van der Waals surface area contributed by atoms with Gasteiger partial charge in [0.05, 0.1) is 17.9 Å². The fourth-order valence-electron chi connectivity index (χ4n) is 2.77. The van der Waals surface area contributed by atoms with Gasteiger partial charge in [-0.3, -0.25) is 9.59 Å². The van der Waals surface area contributed by atoms with Crippen LogP contribution in [0.2, 0.25) is 0 Å². The molecule has 3 saturated carbocycles. The molecule has 3 rings (SSSR count). The fraction of sp³-hybridized carbons (Fsp3) is 0.800. The molecule has 78 valence electrons. The minimum absolute atomic E-state index is 0.161. The summed E-state index contributed by atoms with van der Waals surface area (Å²) in [5.74, 6) is -0.866. The van der Waals surface area contributed by atoms with Gasteiger partial charge in [-0.2, -0.15) is 0 Å². The Bertz CT molecular complexity index is 278. The van der Waals surface area contributed by atoms with Crippen LogP contribution in [-0.2, 0) is 14.3 Å². The normalized spacial score (nSPS) is 38.9. The number of hydrogen-bond donors (Lipinski definition) is 1. The third kappa shape index (κ3) is 1.13. The van der Waals surface area contributed by atoms with Gasteiger partial charge in [0.25, 0.3) is 0 Å². The highest BCUT2D eigenvalue weighted by molar-refractivity contribution is 5.82. The third-order valence-electron chi connectivity index (χ3n) is 3.53. The Hall–Kier alpha value is -1.06. The molecule has 4 nitrogen and oxygen atoms in total. The fourth-order valence-corrected chi connectivity index (χ4v) is 2.77. The summed E-state index contributed by atoms with van der Waals surface area (Å²) in [6.45, 7) is 2.15. The van der Waals surface area contributed by atoms with Crippen molar-refractivity contribution < 1.29 is 19.4 Å². The first-order chi connectivity index (χ1) is 6.59. The SMILES string of the molecule is CCOC(=O)C1C[C@]2(C(=O)O)C[C@@H]1C2. The molecule has 3 aliphatic carbocycles. The van der Waals surface area contributed by atoms with Crippen molar-refractivity contribution in [2.75, 3.05) is 6.61 Å². The molecular weight excluding hydrogens is 184 g/mol. The second kappa shape index (κ2) is 2.97. The number of carbonyl (C=O) groups excluding carboxylic acids is 1. The Labute approximate surface area is 82.2 Å². The van der Waals surface area contributed by atoms with E-state index in [4.69, 9.17) is 9.84 Å². The van der Waals surface area contributed by atoms with E-state index in [1.54, 1.807) is 6.92 Å². The third-order valence-corrected chi connectivity index (χ3v) is 3.53. The van der Waals surface area contributed by atoms with E-state index in [9.17, 15) is 9.59 Å². The predicted molar refractivity (Wildman–Crippen MR) is 47.5 cm³/mol. The maximum Gasteiger partial charge on any atom is 0.309 e. The molecule has 1 unspecified atom stereocenters. The van der Waals surface area contributed by atoms with Crippen molar-refractivity contribution in [1.82, 2.24) is 0 Å². The van der Waals surface area contributed by atoms with Gasteiger partial charge in [0, 0.05) is 0 Å². The van der Waals surface area contributed by atoms with Crippen LogP contribution in [0, 0.1) is 17.3 Å². The summed E-state index contributed by atoms with van der Waals surface area (Å²) in [5, 5.41) is 8.99. The molecule has 0 aliphatic heterocycles. The summed E-state index contributed by atoms with van der Waals surface area (Å²) in [5.41, 5.74) is -0.595. The molecule has 4 heteroatoms. The van der Waals surface area contributed by atoms with Gasteiger partial charge in [0.2, 0.25) is 0 Å². The number of esters is 1. The highest BCUT2D eigenvalue weighted by Gasteiger charge is 2.62. The second-order valence-corrected chi connectivity index (χ2v) is 4.32. The smallest absolute Gasteiger partial charge is 0.309 e. The van der Waals surface area contributed by atoms with Gasteiger partial charge < -0.3 is 9.84 Å². The topological polar surface area (TPSA) is 63.6 Å². The van der Waals surface area contributed by atoms with E-state index >= 15 is 0 Å². The lowest BCUT2D eigenvalue weighted by Gasteiger charge is -2.33. The number of ether oxygens (including phenoxy) is 1. The number of fused-ring (bicyclic) bond motifs is 1.